The van der Waals surface area contributed by atoms with Gasteiger partial charge in [0.05, 0.1) is 0 Å². The normalized spacial score (nSPS) is 36.6. The zero-order chi connectivity index (χ0) is 12.9. The van der Waals surface area contributed by atoms with Crippen LogP contribution in [0.1, 0.15) is 47.0 Å². The molecule has 0 bridgehead atoms. The molecule has 17 heavy (non-hydrogen) atoms. The van der Waals surface area contributed by atoms with Crippen molar-refractivity contribution in [2.75, 3.05) is 18.3 Å². The Morgan fingerprint density at radius 1 is 1.35 bits per heavy atom. The first-order valence-electron chi connectivity index (χ1n) is 7.15. The molecule has 1 nitrogen and oxygen atoms in total. The highest BCUT2D eigenvalue weighted by molar-refractivity contribution is 8.51. The van der Waals surface area contributed by atoms with E-state index in [2.05, 4.69) is 50.9 Å². The van der Waals surface area contributed by atoms with Gasteiger partial charge in [0.15, 0.2) is 0 Å². The molecule has 2 rings (SSSR count). The van der Waals surface area contributed by atoms with E-state index in [-0.39, 0.29) is 0 Å². The number of hydrogen-bond acceptors (Lipinski definition) is 1. The Kier molecular flexibility index (Phi) is 2.89. The number of thiol groups is 1. The molecule has 1 saturated heterocycles. The summed E-state index contributed by atoms with van der Waals surface area (Å²) in [6, 6.07) is 0.761. The molecule has 2 aliphatic heterocycles. The third-order valence-corrected chi connectivity index (χ3v) is 12.6. The molecule has 0 aromatic carbocycles. The summed E-state index contributed by atoms with van der Waals surface area (Å²) in [6.45, 7) is 9.60. The Labute approximate surface area is 108 Å². The van der Waals surface area contributed by atoms with Gasteiger partial charge in [0.1, 0.15) is 0 Å². The molecule has 0 amide bonds. The molecule has 102 valence electrons. The standard InChI is InChI=1S/C15H31NS/c1-7-8-13-9-12-10-17(5,6,15(2,3)4)11-14(12)16-13/h11-13,16-17H,7-10H2,1-6H3. The van der Waals surface area contributed by atoms with Gasteiger partial charge in [-0.1, -0.05) is 34.1 Å². The van der Waals surface area contributed by atoms with Crippen LogP contribution in [0.3, 0.4) is 0 Å². The third-order valence-electron chi connectivity index (χ3n) is 5.56. The molecule has 2 heterocycles. The summed E-state index contributed by atoms with van der Waals surface area (Å²) in [4.78, 5) is 0. The fraction of sp³-hybridized carbons (Fsp3) is 0.867. The van der Waals surface area contributed by atoms with Gasteiger partial charge in [-0.15, -0.1) is 0 Å². The van der Waals surface area contributed by atoms with Gasteiger partial charge in [-0.2, -0.15) is 0 Å². The lowest BCUT2D eigenvalue weighted by atomic mass is 10.0. The third kappa shape index (κ3) is 2.03. The second-order valence-corrected chi connectivity index (χ2v) is 15.0. The van der Waals surface area contributed by atoms with E-state index in [1.165, 1.54) is 25.0 Å². The maximum Gasteiger partial charge on any atom is 0.0265 e. The Morgan fingerprint density at radius 2 is 2.00 bits per heavy atom. The molecule has 0 aliphatic carbocycles. The quantitative estimate of drug-likeness (QED) is 0.718. The van der Waals surface area contributed by atoms with E-state index in [4.69, 9.17) is 0 Å². The average molecular weight is 257 g/mol. The van der Waals surface area contributed by atoms with Gasteiger partial charge in [-0.3, -0.25) is 9.16 Å². The lowest BCUT2D eigenvalue weighted by Crippen LogP contribution is -2.36. The van der Waals surface area contributed by atoms with Crippen molar-refractivity contribution in [1.29, 1.82) is 0 Å². The van der Waals surface area contributed by atoms with Crippen LogP contribution in [0.5, 0.6) is 0 Å². The molecule has 1 N–H and O–H groups in total. The van der Waals surface area contributed by atoms with Crippen LogP contribution >= 0.6 is 9.16 Å². The van der Waals surface area contributed by atoms with Crippen LogP contribution in [0, 0.1) is 5.92 Å². The molecule has 2 heteroatoms. The minimum Gasteiger partial charge on any atom is -0.385 e. The summed E-state index contributed by atoms with van der Waals surface area (Å²) in [5.74, 6) is 2.29. The number of nitrogens with one attached hydrogen (secondary N) is 1. The van der Waals surface area contributed by atoms with Crippen molar-refractivity contribution in [1.82, 2.24) is 5.32 Å². The lowest BCUT2D eigenvalue weighted by Gasteiger charge is -2.61. The Hall–Kier alpha value is -0.110. The molecule has 1 fully saturated rings. The topological polar surface area (TPSA) is 12.0 Å². The van der Waals surface area contributed by atoms with Gasteiger partial charge in [0.25, 0.3) is 0 Å². The second-order valence-electron chi connectivity index (χ2n) is 8.01. The second kappa shape index (κ2) is 3.69. The Morgan fingerprint density at radius 3 is 2.47 bits per heavy atom. The molecule has 2 unspecified atom stereocenters. The van der Waals surface area contributed by atoms with Crippen LogP contribution < -0.4 is 5.32 Å². The summed E-state index contributed by atoms with van der Waals surface area (Å²) < 4.78 is 0.449. The van der Waals surface area contributed by atoms with Gasteiger partial charge in [0, 0.05) is 17.7 Å². The van der Waals surface area contributed by atoms with Crippen LogP contribution in [0.25, 0.3) is 0 Å². The Balaban J connectivity index is 2.22. The summed E-state index contributed by atoms with van der Waals surface area (Å²) in [6.07, 6.45) is 9.18. The van der Waals surface area contributed by atoms with E-state index in [0.717, 1.165) is 12.0 Å². The summed E-state index contributed by atoms with van der Waals surface area (Å²) in [5, 5.41) is 6.49. The van der Waals surface area contributed by atoms with Gasteiger partial charge in [-0.25, -0.2) is 0 Å². The zero-order valence-electron chi connectivity index (χ0n) is 12.5. The van der Waals surface area contributed by atoms with E-state index < -0.39 is 9.16 Å². The molecule has 2 aliphatic rings. The van der Waals surface area contributed by atoms with Gasteiger partial charge in [0.2, 0.25) is 0 Å². The smallest absolute Gasteiger partial charge is 0.0265 e. The van der Waals surface area contributed by atoms with Crippen LogP contribution in [0.15, 0.2) is 11.1 Å². The molecule has 0 radical (unpaired) electrons. The maximum absolute atomic E-state index is 3.80. The first-order valence-corrected chi connectivity index (χ1v) is 10.5. The van der Waals surface area contributed by atoms with Crippen molar-refractivity contribution in [3.63, 3.8) is 0 Å². The van der Waals surface area contributed by atoms with Crippen LogP contribution in [-0.2, 0) is 0 Å². The SMILES string of the molecule is CCCC1CC2C[SH](C)(C)(C(C)(C)C)C=C2N1. The first-order chi connectivity index (χ1) is 7.65. The Bertz CT molecular complexity index is 348. The number of hydrogen-bond donors (Lipinski definition) is 2. The van der Waals surface area contributed by atoms with E-state index in [1.54, 1.807) is 5.70 Å². The van der Waals surface area contributed by atoms with Gasteiger partial charge >= 0.3 is 0 Å². The highest BCUT2D eigenvalue weighted by Crippen LogP contribution is 2.78. The monoisotopic (exact) mass is 257 g/mol. The van der Waals surface area contributed by atoms with Crippen molar-refractivity contribution in [2.24, 2.45) is 5.92 Å². The summed E-state index contributed by atoms with van der Waals surface area (Å²) in [7, 11) is -1.64. The molecular weight excluding hydrogens is 226 g/mol. The van der Waals surface area contributed by atoms with Crippen molar-refractivity contribution < 1.29 is 0 Å². The van der Waals surface area contributed by atoms with Crippen LogP contribution in [-0.4, -0.2) is 29.1 Å². The number of allylic oxidation sites excluding steroid dienone is 1. The van der Waals surface area contributed by atoms with Crippen molar-refractivity contribution in [3.05, 3.63) is 11.1 Å². The van der Waals surface area contributed by atoms with Crippen LogP contribution in [0.2, 0.25) is 0 Å². The maximum atomic E-state index is 3.80. The minimum atomic E-state index is -1.64. The largest absolute Gasteiger partial charge is 0.385 e. The number of rotatable bonds is 2. The van der Waals surface area contributed by atoms with E-state index in [0.29, 0.717) is 4.75 Å². The highest BCUT2D eigenvalue weighted by atomic mass is 32.3. The minimum absolute atomic E-state index is 0.449. The van der Waals surface area contributed by atoms with E-state index in [1.807, 2.05) is 0 Å². The lowest BCUT2D eigenvalue weighted by molar-refractivity contribution is 0.537. The highest BCUT2D eigenvalue weighted by Gasteiger charge is 2.50. The van der Waals surface area contributed by atoms with Crippen molar-refractivity contribution >= 4 is 9.16 Å². The fourth-order valence-corrected chi connectivity index (χ4v) is 7.30. The van der Waals surface area contributed by atoms with Crippen LogP contribution in [0.4, 0.5) is 0 Å². The summed E-state index contributed by atoms with van der Waals surface area (Å²) in [5.41, 5.74) is 1.60. The van der Waals surface area contributed by atoms with E-state index >= 15 is 0 Å². The predicted molar refractivity (Wildman–Crippen MR) is 83.5 cm³/mol. The summed E-state index contributed by atoms with van der Waals surface area (Å²) >= 11 is 0. The van der Waals surface area contributed by atoms with Gasteiger partial charge < -0.3 is 5.32 Å². The molecule has 0 aromatic heterocycles. The molecule has 0 saturated carbocycles. The fourth-order valence-electron chi connectivity index (χ4n) is 3.38. The molecule has 2 atom stereocenters. The zero-order valence-corrected chi connectivity index (χ0v) is 13.4. The average Bonchev–Trinajstić information content (AvgIpc) is 2.55. The predicted octanol–water partition coefficient (Wildman–Crippen LogP) is 3.75. The molecule has 0 aromatic rings. The van der Waals surface area contributed by atoms with Crippen molar-refractivity contribution in [3.8, 4) is 0 Å². The van der Waals surface area contributed by atoms with Gasteiger partial charge in [-0.05, 0) is 41.3 Å². The first kappa shape index (κ1) is 13.3. The molecule has 0 spiro atoms. The van der Waals surface area contributed by atoms with E-state index in [9.17, 15) is 0 Å². The van der Waals surface area contributed by atoms with Crippen molar-refractivity contribution in [2.45, 2.75) is 57.7 Å². The molecular formula is C15H31NS. The number of fused-ring (bicyclic) bond motifs is 1.